The third-order valence-corrected chi connectivity index (χ3v) is 4.95. The van der Waals surface area contributed by atoms with Crippen molar-refractivity contribution < 1.29 is 9.15 Å². The Balaban J connectivity index is 1.46. The molecule has 0 unspecified atom stereocenters. The van der Waals surface area contributed by atoms with E-state index in [0.29, 0.717) is 33.7 Å². The van der Waals surface area contributed by atoms with Gasteiger partial charge in [-0.15, -0.1) is 11.3 Å². The molecule has 0 saturated carbocycles. The summed E-state index contributed by atoms with van der Waals surface area (Å²) < 4.78 is 13.4. The average Bonchev–Trinajstić information content (AvgIpc) is 3.41. The number of hydrogen-bond donors (Lipinski definition) is 1. The van der Waals surface area contributed by atoms with Gasteiger partial charge < -0.3 is 9.15 Å². The van der Waals surface area contributed by atoms with Crippen molar-refractivity contribution in [3.63, 3.8) is 0 Å². The summed E-state index contributed by atoms with van der Waals surface area (Å²) >= 11 is 12.7. The predicted molar refractivity (Wildman–Crippen MR) is 108 cm³/mol. The van der Waals surface area contributed by atoms with Crippen LogP contribution in [0.1, 0.15) is 11.5 Å². The highest BCUT2D eigenvalue weighted by molar-refractivity contribution is 7.71. The summed E-state index contributed by atoms with van der Waals surface area (Å²) in [6.07, 6.45) is 1.59. The van der Waals surface area contributed by atoms with Crippen molar-refractivity contribution in [1.29, 1.82) is 0 Å². The maximum Gasteiger partial charge on any atom is 0.216 e. The molecule has 0 atom stereocenters. The number of aromatic nitrogens is 3. The van der Waals surface area contributed by atoms with Gasteiger partial charge in [-0.3, -0.25) is 0 Å². The minimum atomic E-state index is 0.307. The van der Waals surface area contributed by atoms with E-state index in [1.165, 1.54) is 0 Å². The summed E-state index contributed by atoms with van der Waals surface area (Å²) in [5.74, 6) is 2.64. The SMILES string of the molecule is S=c1[nH]nc(-c2cccs2)n1/N=C/c1ccc(COc2ccc(Cl)cc2)o1. The zero-order valence-electron chi connectivity index (χ0n) is 13.8. The van der Waals surface area contributed by atoms with Crippen LogP contribution in [0.15, 0.2) is 63.4 Å². The van der Waals surface area contributed by atoms with E-state index in [0.717, 1.165) is 10.6 Å². The van der Waals surface area contributed by atoms with Gasteiger partial charge in [-0.05, 0) is 60.1 Å². The summed E-state index contributed by atoms with van der Waals surface area (Å²) in [7, 11) is 0. The van der Waals surface area contributed by atoms with Gasteiger partial charge in [0, 0.05) is 5.02 Å². The van der Waals surface area contributed by atoms with Crippen LogP contribution < -0.4 is 4.74 Å². The predicted octanol–water partition coefficient (Wildman–Crippen LogP) is 5.38. The molecular formula is C18H13ClN4O2S2. The van der Waals surface area contributed by atoms with Gasteiger partial charge in [-0.25, -0.2) is 5.10 Å². The van der Waals surface area contributed by atoms with Crippen LogP contribution in [0.2, 0.25) is 5.02 Å². The molecule has 0 aliphatic heterocycles. The molecule has 136 valence electrons. The van der Waals surface area contributed by atoms with Crippen molar-refractivity contribution in [3.05, 3.63) is 75.2 Å². The van der Waals surface area contributed by atoms with E-state index in [9.17, 15) is 0 Å². The Morgan fingerprint density at radius 1 is 1.26 bits per heavy atom. The molecule has 9 heteroatoms. The number of furan rings is 1. The summed E-state index contributed by atoms with van der Waals surface area (Å²) in [6, 6.07) is 14.7. The fourth-order valence-corrected chi connectivity index (χ4v) is 3.31. The molecular weight excluding hydrogens is 404 g/mol. The molecule has 0 saturated heterocycles. The van der Waals surface area contributed by atoms with E-state index in [1.807, 2.05) is 29.6 Å². The number of aromatic amines is 1. The highest BCUT2D eigenvalue weighted by Crippen LogP contribution is 2.22. The molecule has 0 spiro atoms. The van der Waals surface area contributed by atoms with E-state index in [-0.39, 0.29) is 0 Å². The van der Waals surface area contributed by atoms with E-state index in [2.05, 4.69) is 15.3 Å². The van der Waals surface area contributed by atoms with Crippen LogP contribution in [-0.4, -0.2) is 21.1 Å². The van der Waals surface area contributed by atoms with E-state index in [1.54, 1.807) is 46.5 Å². The number of halogens is 1. The second kappa shape index (κ2) is 7.91. The molecule has 6 nitrogen and oxygen atoms in total. The smallest absolute Gasteiger partial charge is 0.216 e. The zero-order valence-corrected chi connectivity index (χ0v) is 16.2. The Hall–Kier alpha value is -2.68. The van der Waals surface area contributed by atoms with Crippen molar-refractivity contribution in [1.82, 2.24) is 14.9 Å². The van der Waals surface area contributed by atoms with Gasteiger partial charge in [-0.2, -0.15) is 14.9 Å². The summed E-state index contributed by atoms with van der Waals surface area (Å²) in [4.78, 5) is 0.969. The Morgan fingerprint density at radius 2 is 2.11 bits per heavy atom. The lowest BCUT2D eigenvalue weighted by atomic mass is 10.3. The topological polar surface area (TPSA) is 68.3 Å². The molecule has 0 aliphatic rings. The van der Waals surface area contributed by atoms with Crippen LogP contribution >= 0.6 is 35.2 Å². The summed E-state index contributed by atoms with van der Waals surface area (Å²) in [6.45, 7) is 0.307. The number of rotatable bonds is 6. The number of thiophene rings is 1. The molecule has 0 fully saturated rings. The van der Waals surface area contributed by atoms with Crippen molar-refractivity contribution >= 4 is 41.4 Å². The first-order chi connectivity index (χ1) is 13.2. The number of benzene rings is 1. The van der Waals surface area contributed by atoms with Gasteiger partial charge in [-0.1, -0.05) is 17.7 Å². The van der Waals surface area contributed by atoms with Crippen LogP contribution in [0.3, 0.4) is 0 Å². The first kappa shape index (κ1) is 17.7. The number of ether oxygens (including phenoxy) is 1. The minimum Gasteiger partial charge on any atom is -0.486 e. The molecule has 27 heavy (non-hydrogen) atoms. The maximum atomic E-state index is 5.86. The molecule has 4 aromatic rings. The van der Waals surface area contributed by atoms with Crippen molar-refractivity contribution in [2.45, 2.75) is 6.61 Å². The highest BCUT2D eigenvalue weighted by atomic mass is 35.5. The summed E-state index contributed by atoms with van der Waals surface area (Å²) in [5, 5.41) is 14.0. The molecule has 1 aromatic carbocycles. The normalized spacial score (nSPS) is 11.3. The van der Waals surface area contributed by atoms with Crippen LogP contribution in [0.25, 0.3) is 10.7 Å². The molecule has 4 rings (SSSR count). The van der Waals surface area contributed by atoms with Crippen LogP contribution in [-0.2, 0) is 6.61 Å². The zero-order chi connectivity index (χ0) is 18.6. The highest BCUT2D eigenvalue weighted by Gasteiger charge is 2.09. The van der Waals surface area contributed by atoms with Crippen molar-refractivity contribution in [2.24, 2.45) is 5.10 Å². The van der Waals surface area contributed by atoms with Crippen LogP contribution in [0.4, 0.5) is 0 Å². The fraction of sp³-hybridized carbons (Fsp3) is 0.0556. The second-order valence-electron chi connectivity index (χ2n) is 5.43. The van der Waals surface area contributed by atoms with E-state index in [4.69, 9.17) is 33.0 Å². The lowest BCUT2D eigenvalue weighted by molar-refractivity contribution is 0.270. The third kappa shape index (κ3) is 4.19. The van der Waals surface area contributed by atoms with Crippen molar-refractivity contribution in [2.75, 3.05) is 0 Å². The molecule has 0 bridgehead atoms. The molecule has 3 aromatic heterocycles. The second-order valence-corrected chi connectivity index (χ2v) is 7.20. The maximum absolute atomic E-state index is 5.86. The molecule has 0 radical (unpaired) electrons. The Labute approximate surface area is 168 Å². The molecule has 1 N–H and O–H groups in total. The fourth-order valence-electron chi connectivity index (χ4n) is 2.31. The molecule has 0 amide bonds. The quantitative estimate of drug-likeness (QED) is 0.338. The number of nitrogens with zero attached hydrogens (tertiary/aromatic N) is 3. The molecule has 3 heterocycles. The number of nitrogens with one attached hydrogen (secondary N) is 1. The Morgan fingerprint density at radius 3 is 2.89 bits per heavy atom. The van der Waals surface area contributed by atoms with E-state index >= 15 is 0 Å². The third-order valence-electron chi connectivity index (χ3n) is 3.57. The Kier molecular flexibility index (Phi) is 5.19. The largest absolute Gasteiger partial charge is 0.486 e. The Bertz CT molecular complexity index is 1110. The van der Waals surface area contributed by atoms with Crippen molar-refractivity contribution in [3.8, 4) is 16.5 Å². The number of H-pyrrole nitrogens is 1. The summed E-state index contributed by atoms with van der Waals surface area (Å²) in [5.41, 5.74) is 0. The monoisotopic (exact) mass is 416 g/mol. The van der Waals surface area contributed by atoms with Gasteiger partial charge in [0.15, 0.2) is 5.82 Å². The van der Waals surface area contributed by atoms with Gasteiger partial charge in [0.25, 0.3) is 0 Å². The first-order valence-corrected chi connectivity index (χ1v) is 9.58. The van der Waals surface area contributed by atoms with E-state index < -0.39 is 0 Å². The number of hydrogen-bond acceptors (Lipinski definition) is 6. The van der Waals surface area contributed by atoms with Crippen LogP contribution in [0.5, 0.6) is 5.75 Å². The van der Waals surface area contributed by atoms with Gasteiger partial charge in [0.05, 0.1) is 11.1 Å². The standard InChI is InChI=1S/C18H13ClN4O2S2/c19-12-3-5-13(6-4-12)24-11-15-8-7-14(25-15)10-20-23-17(21-22-18(23)26)16-2-1-9-27-16/h1-10H,11H2,(H,22,26)/b20-10+. The van der Waals surface area contributed by atoms with Crippen LogP contribution in [0, 0.1) is 4.77 Å². The molecule has 0 aliphatic carbocycles. The van der Waals surface area contributed by atoms with Gasteiger partial charge in [0.2, 0.25) is 4.77 Å². The average molecular weight is 417 g/mol. The van der Waals surface area contributed by atoms with Gasteiger partial charge in [0.1, 0.15) is 23.9 Å². The lowest BCUT2D eigenvalue weighted by Crippen LogP contribution is -1.94. The first-order valence-electron chi connectivity index (χ1n) is 7.92. The van der Waals surface area contributed by atoms with Gasteiger partial charge >= 0.3 is 0 Å². The minimum absolute atomic E-state index is 0.307. The lowest BCUT2D eigenvalue weighted by Gasteiger charge is -2.03.